The highest BCUT2D eigenvalue weighted by atomic mass is 17.2. The number of aliphatic hydroxyl groups is 1. The van der Waals surface area contributed by atoms with Crippen molar-refractivity contribution in [3.05, 3.63) is 11.6 Å². The van der Waals surface area contributed by atoms with Gasteiger partial charge >= 0.3 is 0 Å². The Labute approximate surface area is 109 Å². The summed E-state index contributed by atoms with van der Waals surface area (Å²) in [5.74, 6) is 0.755. The van der Waals surface area contributed by atoms with E-state index >= 15 is 0 Å². The highest BCUT2D eigenvalue weighted by Crippen LogP contribution is 2.57. The summed E-state index contributed by atoms with van der Waals surface area (Å²) in [7, 11) is 0. The lowest BCUT2D eigenvalue weighted by Crippen LogP contribution is -2.48. The Balaban J connectivity index is 2.15. The maximum Gasteiger partial charge on any atom is 0.130 e. The van der Waals surface area contributed by atoms with Crippen LogP contribution in [-0.4, -0.2) is 21.9 Å². The molecule has 1 N–H and O–H groups in total. The Morgan fingerprint density at radius 2 is 2.00 bits per heavy atom. The van der Waals surface area contributed by atoms with Gasteiger partial charge in [0.2, 0.25) is 0 Å². The Bertz CT molecular complexity index is 399. The first kappa shape index (κ1) is 12.6. The minimum absolute atomic E-state index is 0.349. The molecule has 4 atom stereocenters. The van der Waals surface area contributed by atoms with Crippen LogP contribution in [0.1, 0.15) is 53.4 Å². The van der Waals surface area contributed by atoms with E-state index in [0.717, 1.165) is 31.3 Å². The number of hydrogen-bond acceptors (Lipinski definition) is 3. The summed E-state index contributed by atoms with van der Waals surface area (Å²) in [6, 6.07) is 0. The SMILES string of the molecule is CC(C)[C@]12C=C3[C@](CC[C@@]3(C)O)(OO1)[C@H](C)CC2. The van der Waals surface area contributed by atoms with Crippen LogP contribution in [0, 0.1) is 11.8 Å². The molecule has 2 bridgehead atoms. The van der Waals surface area contributed by atoms with E-state index in [2.05, 4.69) is 26.8 Å². The molecular formula is C15H24O3. The monoisotopic (exact) mass is 252 g/mol. The van der Waals surface area contributed by atoms with Crippen molar-refractivity contribution in [2.24, 2.45) is 11.8 Å². The molecule has 4 rings (SSSR count). The number of rotatable bonds is 1. The fourth-order valence-corrected chi connectivity index (χ4v) is 3.87. The average Bonchev–Trinajstić information content (AvgIpc) is 2.45. The third-order valence-electron chi connectivity index (χ3n) is 5.49. The molecule has 0 unspecified atom stereocenters. The number of fused-ring (bicyclic) bond motifs is 3. The van der Waals surface area contributed by atoms with Gasteiger partial charge in [0.25, 0.3) is 0 Å². The zero-order valence-electron chi connectivity index (χ0n) is 11.8. The van der Waals surface area contributed by atoms with Crippen LogP contribution in [0.4, 0.5) is 0 Å². The van der Waals surface area contributed by atoms with Gasteiger partial charge in [0.05, 0.1) is 5.60 Å². The second-order valence-electron chi connectivity index (χ2n) is 6.94. The Kier molecular flexibility index (Phi) is 2.52. The summed E-state index contributed by atoms with van der Waals surface area (Å²) in [6.45, 7) is 8.46. The molecule has 1 spiro atoms. The standard InChI is InChI=1S/C15H24O3/c1-10(2)14-6-5-11(3)15(18-17-14)8-7-13(4,16)12(15)9-14/h9-11,16H,5-8H2,1-4H3/t11-,13-,14+,15-/m1/s1. The number of hydrogen-bond donors (Lipinski definition) is 1. The van der Waals surface area contributed by atoms with Gasteiger partial charge in [-0.1, -0.05) is 20.8 Å². The van der Waals surface area contributed by atoms with E-state index in [4.69, 9.17) is 9.78 Å². The molecule has 3 nitrogen and oxygen atoms in total. The minimum atomic E-state index is -0.734. The second kappa shape index (κ2) is 3.59. The molecular weight excluding hydrogens is 228 g/mol. The molecule has 4 aliphatic rings. The highest BCUT2D eigenvalue weighted by Gasteiger charge is 2.61. The molecule has 1 saturated carbocycles. The van der Waals surface area contributed by atoms with Crippen molar-refractivity contribution >= 4 is 0 Å². The highest BCUT2D eigenvalue weighted by molar-refractivity contribution is 5.38. The van der Waals surface area contributed by atoms with Crippen LogP contribution in [0.3, 0.4) is 0 Å². The van der Waals surface area contributed by atoms with E-state index in [1.54, 1.807) is 0 Å². The van der Waals surface area contributed by atoms with Crippen molar-refractivity contribution in [2.75, 3.05) is 0 Å². The van der Waals surface area contributed by atoms with Crippen molar-refractivity contribution in [3.63, 3.8) is 0 Å². The maximum atomic E-state index is 10.6. The zero-order valence-corrected chi connectivity index (χ0v) is 11.8. The van der Waals surface area contributed by atoms with Gasteiger partial charge in [0.1, 0.15) is 11.2 Å². The molecule has 1 saturated heterocycles. The summed E-state index contributed by atoms with van der Waals surface area (Å²) < 4.78 is 0. The molecule has 3 heteroatoms. The van der Waals surface area contributed by atoms with Crippen molar-refractivity contribution in [1.82, 2.24) is 0 Å². The predicted octanol–water partition coefficient (Wildman–Crippen LogP) is 2.98. The van der Waals surface area contributed by atoms with Crippen LogP contribution in [0.25, 0.3) is 0 Å². The molecule has 0 aromatic heterocycles. The van der Waals surface area contributed by atoms with Gasteiger partial charge in [-0.15, -0.1) is 0 Å². The van der Waals surface area contributed by atoms with Crippen LogP contribution in [0.5, 0.6) is 0 Å². The van der Waals surface area contributed by atoms with Crippen LogP contribution in [0.2, 0.25) is 0 Å². The molecule has 102 valence electrons. The topological polar surface area (TPSA) is 38.7 Å². The lowest BCUT2D eigenvalue weighted by molar-refractivity contribution is -0.409. The normalized spacial score (nSPS) is 51.2. The smallest absolute Gasteiger partial charge is 0.130 e. The summed E-state index contributed by atoms with van der Waals surface area (Å²) in [5, 5.41) is 10.6. The van der Waals surface area contributed by atoms with Crippen LogP contribution >= 0.6 is 0 Å². The minimum Gasteiger partial charge on any atom is -0.386 e. The van der Waals surface area contributed by atoms with Crippen LogP contribution < -0.4 is 0 Å². The second-order valence-corrected chi connectivity index (χ2v) is 6.94. The summed E-state index contributed by atoms with van der Waals surface area (Å²) in [5.41, 5.74) is -0.390. The molecule has 2 aliphatic carbocycles. The van der Waals surface area contributed by atoms with Crippen molar-refractivity contribution in [3.8, 4) is 0 Å². The van der Waals surface area contributed by atoms with Gasteiger partial charge in [0.15, 0.2) is 0 Å². The third kappa shape index (κ3) is 1.41. The molecule has 0 amide bonds. The van der Waals surface area contributed by atoms with Gasteiger partial charge in [-0.05, 0) is 56.1 Å². The van der Waals surface area contributed by atoms with Gasteiger partial charge in [-0.2, -0.15) is 0 Å². The quantitative estimate of drug-likeness (QED) is 0.576. The van der Waals surface area contributed by atoms with Gasteiger partial charge < -0.3 is 5.11 Å². The fourth-order valence-electron chi connectivity index (χ4n) is 3.87. The first-order valence-electron chi connectivity index (χ1n) is 7.15. The van der Waals surface area contributed by atoms with E-state index in [-0.39, 0.29) is 11.2 Å². The van der Waals surface area contributed by atoms with E-state index in [1.165, 1.54) is 0 Å². The first-order chi connectivity index (χ1) is 8.32. The largest absolute Gasteiger partial charge is 0.386 e. The maximum absolute atomic E-state index is 10.6. The Morgan fingerprint density at radius 3 is 2.67 bits per heavy atom. The molecule has 2 fully saturated rings. The lowest BCUT2D eigenvalue weighted by atomic mass is 9.80. The summed E-state index contributed by atoms with van der Waals surface area (Å²) in [4.78, 5) is 11.7. The molecule has 0 radical (unpaired) electrons. The molecule has 18 heavy (non-hydrogen) atoms. The molecule has 2 heterocycles. The molecule has 0 aromatic carbocycles. The fraction of sp³-hybridized carbons (Fsp3) is 0.867. The first-order valence-corrected chi connectivity index (χ1v) is 7.15. The Morgan fingerprint density at radius 1 is 1.28 bits per heavy atom. The van der Waals surface area contributed by atoms with Gasteiger partial charge in [-0.25, -0.2) is 9.78 Å². The Hall–Kier alpha value is -0.380. The zero-order chi connectivity index (χ0) is 13.2. The molecule has 2 aliphatic heterocycles. The van der Waals surface area contributed by atoms with Gasteiger partial charge in [0, 0.05) is 0 Å². The van der Waals surface area contributed by atoms with E-state index in [1.807, 2.05) is 6.92 Å². The van der Waals surface area contributed by atoms with Crippen molar-refractivity contribution < 1.29 is 14.9 Å². The van der Waals surface area contributed by atoms with Gasteiger partial charge in [-0.3, -0.25) is 0 Å². The summed E-state index contributed by atoms with van der Waals surface area (Å²) >= 11 is 0. The predicted molar refractivity (Wildman–Crippen MR) is 68.8 cm³/mol. The molecule has 0 aromatic rings. The third-order valence-corrected chi connectivity index (χ3v) is 5.49. The van der Waals surface area contributed by atoms with E-state index < -0.39 is 5.60 Å². The van der Waals surface area contributed by atoms with E-state index in [0.29, 0.717) is 11.8 Å². The van der Waals surface area contributed by atoms with Crippen LogP contribution in [-0.2, 0) is 9.78 Å². The lowest BCUT2D eigenvalue weighted by Gasteiger charge is -2.43. The van der Waals surface area contributed by atoms with Crippen molar-refractivity contribution in [2.45, 2.75) is 70.2 Å². The van der Waals surface area contributed by atoms with Crippen molar-refractivity contribution in [1.29, 1.82) is 0 Å². The summed E-state index contributed by atoms with van der Waals surface area (Å²) in [6.07, 6.45) is 5.89. The average molecular weight is 252 g/mol. The van der Waals surface area contributed by atoms with E-state index in [9.17, 15) is 5.11 Å². The van der Waals surface area contributed by atoms with Crippen LogP contribution in [0.15, 0.2) is 11.6 Å².